The third-order valence-corrected chi connectivity index (χ3v) is 4.41. The maximum Gasteiger partial charge on any atom is 0.293 e. The number of carbonyl (C=O) groups excluding carboxylic acids is 2. The van der Waals surface area contributed by atoms with E-state index in [9.17, 15) is 14.0 Å². The van der Waals surface area contributed by atoms with Gasteiger partial charge in [0.15, 0.2) is 0 Å². The third kappa shape index (κ3) is 3.63. The second kappa shape index (κ2) is 6.56. The Hall–Kier alpha value is -2.11. The van der Waals surface area contributed by atoms with Crippen molar-refractivity contribution >= 4 is 40.6 Å². The number of halogens is 2. The van der Waals surface area contributed by atoms with Gasteiger partial charge in [-0.2, -0.15) is 0 Å². The van der Waals surface area contributed by atoms with E-state index in [0.717, 1.165) is 17.3 Å². The van der Waals surface area contributed by atoms with Gasteiger partial charge in [-0.3, -0.25) is 14.5 Å². The number of hydrogen-bond donors (Lipinski definition) is 0. The van der Waals surface area contributed by atoms with Crippen LogP contribution in [0.5, 0.6) is 0 Å². The molecule has 3 nitrogen and oxygen atoms in total. The largest absolute Gasteiger partial charge is 0.293 e. The highest BCUT2D eigenvalue weighted by molar-refractivity contribution is 8.18. The summed E-state index contributed by atoms with van der Waals surface area (Å²) in [5, 5.41) is 0.222. The lowest BCUT2D eigenvalue weighted by atomic mass is 10.2. The number of imide groups is 1. The molecule has 0 saturated carbocycles. The quantitative estimate of drug-likeness (QED) is 0.754. The molecule has 1 aliphatic rings. The summed E-state index contributed by atoms with van der Waals surface area (Å²) in [7, 11) is 0. The van der Waals surface area contributed by atoms with Crippen molar-refractivity contribution < 1.29 is 14.0 Å². The van der Waals surface area contributed by atoms with Crippen LogP contribution >= 0.6 is 23.4 Å². The van der Waals surface area contributed by atoms with Gasteiger partial charge in [-0.25, -0.2) is 4.39 Å². The number of benzene rings is 2. The minimum Gasteiger partial charge on any atom is -0.268 e. The number of nitrogens with zero attached hydrogens (tertiary/aromatic N) is 1. The summed E-state index contributed by atoms with van der Waals surface area (Å²) < 4.78 is 12.9. The Morgan fingerprint density at radius 2 is 1.87 bits per heavy atom. The predicted molar refractivity (Wildman–Crippen MR) is 89.4 cm³/mol. The molecule has 2 aromatic rings. The van der Waals surface area contributed by atoms with Crippen LogP contribution in [0.4, 0.5) is 9.18 Å². The van der Waals surface area contributed by atoms with E-state index in [1.54, 1.807) is 42.5 Å². The maximum absolute atomic E-state index is 12.9. The lowest BCUT2D eigenvalue weighted by Gasteiger charge is -2.12. The van der Waals surface area contributed by atoms with Gasteiger partial charge in [-0.05, 0) is 53.2 Å². The van der Waals surface area contributed by atoms with Crippen LogP contribution in [0.3, 0.4) is 0 Å². The molecule has 1 aliphatic heterocycles. The fraction of sp³-hybridized carbons (Fsp3) is 0.0588. The Morgan fingerprint density at radius 3 is 2.57 bits per heavy atom. The van der Waals surface area contributed by atoms with Gasteiger partial charge in [-0.1, -0.05) is 35.9 Å². The molecule has 0 radical (unpaired) electrons. The number of carbonyl (C=O) groups is 2. The highest BCUT2D eigenvalue weighted by atomic mass is 35.5. The molecule has 1 heterocycles. The van der Waals surface area contributed by atoms with Gasteiger partial charge < -0.3 is 0 Å². The molecule has 0 aliphatic carbocycles. The number of amides is 2. The highest BCUT2D eigenvalue weighted by Crippen LogP contribution is 2.33. The number of hydrogen-bond acceptors (Lipinski definition) is 3. The summed E-state index contributed by atoms with van der Waals surface area (Å²) in [6, 6.07) is 12.7. The van der Waals surface area contributed by atoms with E-state index in [-0.39, 0.29) is 23.5 Å². The van der Waals surface area contributed by atoms with Gasteiger partial charge >= 0.3 is 0 Å². The Morgan fingerprint density at radius 1 is 1.13 bits per heavy atom. The molecular formula is C17H11ClFNO2S. The average Bonchev–Trinajstić information content (AvgIpc) is 2.77. The fourth-order valence-electron chi connectivity index (χ4n) is 2.16. The summed E-state index contributed by atoms with van der Waals surface area (Å²) in [5.41, 5.74) is 1.45. The molecule has 2 aromatic carbocycles. The Labute approximate surface area is 141 Å². The van der Waals surface area contributed by atoms with Crippen LogP contribution in [0.1, 0.15) is 11.1 Å². The molecule has 1 fully saturated rings. The van der Waals surface area contributed by atoms with Crippen molar-refractivity contribution in [3.8, 4) is 0 Å². The number of rotatable bonds is 3. The summed E-state index contributed by atoms with van der Waals surface area (Å²) >= 11 is 6.79. The van der Waals surface area contributed by atoms with Crippen LogP contribution < -0.4 is 0 Å². The van der Waals surface area contributed by atoms with Gasteiger partial charge in [0.2, 0.25) is 0 Å². The van der Waals surface area contributed by atoms with Gasteiger partial charge in [0.1, 0.15) is 5.82 Å². The Bertz CT molecular complexity index is 804. The van der Waals surface area contributed by atoms with Crippen LogP contribution in [0.15, 0.2) is 53.4 Å². The lowest BCUT2D eigenvalue weighted by molar-refractivity contribution is -0.123. The van der Waals surface area contributed by atoms with Crippen LogP contribution in [0, 0.1) is 5.82 Å². The molecule has 23 heavy (non-hydrogen) atoms. The molecule has 0 aromatic heterocycles. The minimum atomic E-state index is -0.357. The third-order valence-electron chi connectivity index (χ3n) is 3.27. The zero-order valence-corrected chi connectivity index (χ0v) is 13.4. The molecule has 3 rings (SSSR count). The molecular weight excluding hydrogens is 337 g/mol. The van der Waals surface area contributed by atoms with Gasteiger partial charge in [0.05, 0.1) is 11.4 Å². The van der Waals surface area contributed by atoms with E-state index in [2.05, 4.69) is 0 Å². The first kappa shape index (κ1) is 15.8. The summed E-state index contributed by atoms with van der Waals surface area (Å²) in [4.78, 5) is 25.9. The van der Waals surface area contributed by atoms with Crippen LogP contribution in [0.25, 0.3) is 6.08 Å². The number of thioether (sulfide) groups is 1. The molecule has 0 unspecified atom stereocenters. The average molecular weight is 348 g/mol. The molecule has 0 atom stereocenters. The molecule has 0 N–H and O–H groups in total. The SMILES string of the molecule is O=C1S/C(=C\c2ccc(F)cc2)C(=O)N1Cc1cccc(Cl)c1. The normalized spacial score (nSPS) is 16.4. The smallest absolute Gasteiger partial charge is 0.268 e. The first-order valence-electron chi connectivity index (χ1n) is 6.78. The molecule has 6 heteroatoms. The zero-order chi connectivity index (χ0) is 16.4. The molecule has 0 bridgehead atoms. The molecule has 2 amide bonds. The lowest BCUT2D eigenvalue weighted by Crippen LogP contribution is -2.27. The van der Waals surface area contributed by atoms with Crippen LogP contribution in [-0.4, -0.2) is 16.0 Å². The Balaban J connectivity index is 1.81. The van der Waals surface area contributed by atoms with E-state index in [0.29, 0.717) is 15.5 Å². The van der Waals surface area contributed by atoms with E-state index < -0.39 is 0 Å². The summed E-state index contributed by atoms with van der Waals surface area (Å²) in [6.45, 7) is 0.173. The van der Waals surface area contributed by atoms with E-state index in [1.807, 2.05) is 0 Å². The summed E-state index contributed by atoms with van der Waals surface area (Å²) in [6.07, 6.45) is 1.59. The molecule has 0 spiro atoms. The standard InChI is InChI=1S/C17H11ClFNO2S/c18-13-3-1-2-12(8-13)10-20-16(21)15(23-17(20)22)9-11-4-6-14(19)7-5-11/h1-9H,10H2/b15-9-. The first-order valence-corrected chi connectivity index (χ1v) is 7.98. The van der Waals surface area contributed by atoms with Crippen LogP contribution in [0.2, 0.25) is 5.02 Å². The van der Waals surface area contributed by atoms with Crippen molar-refractivity contribution in [1.82, 2.24) is 4.90 Å². The van der Waals surface area contributed by atoms with Crippen molar-refractivity contribution in [1.29, 1.82) is 0 Å². The summed E-state index contributed by atoms with van der Waals surface area (Å²) in [5.74, 6) is -0.708. The highest BCUT2D eigenvalue weighted by Gasteiger charge is 2.34. The second-order valence-corrected chi connectivity index (χ2v) is 6.38. The maximum atomic E-state index is 12.9. The van der Waals surface area contributed by atoms with Crippen LogP contribution in [-0.2, 0) is 11.3 Å². The first-order chi connectivity index (χ1) is 11.0. The van der Waals surface area contributed by atoms with E-state index in [1.165, 1.54) is 17.0 Å². The van der Waals surface area contributed by atoms with Crippen molar-refractivity contribution in [3.05, 3.63) is 75.4 Å². The predicted octanol–water partition coefficient (Wildman–Crippen LogP) is 4.72. The van der Waals surface area contributed by atoms with Gasteiger partial charge in [0, 0.05) is 5.02 Å². The monoisotopic (exact) mass is 347 g/mol. The van der Waals surface area contributed by atoms with Crippen molar-refractivity contribution in [2.24, 2.45) is 0 Å². The minimum absolute atomic E-state index is 0.173. The topological polar surface area (TPSA) is 37.4 Å². The molecule has 1 saturated heterocycles. The molecule has 116 valence electrons. The fourth-order valence-corrected chi connectivity index (χ4v) is 3.22. The van der Waals surface area contributed by atoms with Crippen molar-refractivity contribution in [2.45, 2.75) is 6.54 Å². The zero-order valence-electron chi connectivity index (χ0n) is 11.8. The Kier molecular flexibility index (Phi) is 4.50. The second-order valence-electron chi connectivity index (χ2n) is 4.95. The van der Waals surface area contributed by atoms with Gasteiger partial charge in [-0.15, -0.1) is 0 Å². The van der Waals surface area contributed by atoms with Crippen molar-refractivity contribution in [2.75, 3.05) is 0 Å². The van der Waals surface area contributed by atoms with Crippen molar-refractivity contribution in [3.63, 3.8) is 0 Å². The van der Waals surface area contributed by atoms with Gasteiger partial charge in [0.25, 0.3) is 11.1 Å². The van der Waals surface area contributed by atoms with E-state index >= 15 is 0 Å². The van der Waals surface area contributed by atoms with E-state index in [4.69, 9.17) is 11.6 Å².